The van der Waals surface area contributed by atoms with E-state index in [1.54, 1.807) is 29.0 Å². The van der Waals surface area contributed by atoms with Crippen LogP contribution in [0.25, 0.3) is 11.8 Å². The summed E-state index contributed by atoms with van der Waals surface area (Å²) in [7, 11) is 1.73. The Morgan fingerprint density at radius 2 is 1.86 bits per heavy atom. The van der Waals surface area contributed by atoms with Gasteiger partial charge in [0.2, 0.25) is 11.8 Å². The molecule has 0 saturated carbocycles. The maximum absolute atomic E-state index is 12.5. The summed E-state index contributed by atoms with van der Waals surface area (Å²) in [6.45, 7) is 1.88. The van der Waals surface area contributed by atoms with Gasteiger partial charge in [-0.25, -0.2) is 9.67 Å². The van der Waals surface area contributed by atoms with Crippen LogP contribution < -0.4 is 5.32 Å². The maximum atomic E-state index is 12.5. The lowest BCUT2D eigenvalue weighted by atomic mass is 10.1. The third kappa shape index (κ3) is 5.38. The van der Waals surface area contributed by atoms with Gasteiger partial charge in [-0.3, -0.25) is 9.59 Å². The van der Waals surface area contributed by atoms with Gasteiger partial charge in [0.15, 0.2) is 0 Å². The number of hydrogen-bond acceptors (Lipinski definition) is 4. The number of carbonyl (C=O) groups is 2. The molecule has 0 unspecified atom stereocenters. The molecule has 2 aromatic carbocycles. The van der Waals surface area contributed by atoms with E-state index in [2.05, 4.69) is 15.4 Å². The summed E-state index contributed by atoms with van der Waals surface area (Å²) in [5.41, 5.74) is 2.80. The molecule has 1 heterocycles. The number of hydrogen-bond donors (Lipinski definition) is 1. The number of amides is 2. The van der Waals surface area contributed by atoms with Gasteiger partial charge in [0, 0.05) is 13.1 Å². The van der Waals surface area contributed by atoms with Gasteiger partial charge >= 0.3 is 0 Å². The van der Waals surface area contributed by atoms with E-state index >= 15 is 0 Å². The maximum Gasteiger partial charge on any atom is 0.244 e. The molecule has 1 aromatic heterocycles. The number of likely N-dealkylation sites (N-methyl/N-ethyl adjacent to an activating group) is 1. The molecular weight excluding hydrogens is 366 g/mol. The second-order valence-electron chi connectivity index (χ2n) is 6.57. The Kier molecular flexibility index (Phi) is 6.52. The summed E-state index contributed by atoms with van der Waals surface area (Å²) in [6, 6.07) is 17.1. The van der Waals surface area contributed by atoms with Crippen molar-refractivity contribution in [2.75, 3.05) is 13.6 Å². The van der Waals surface area contributed by atoms with Gasteiger partial charge in [0.1, 0.15) is 12.7 Å². The molecule has 1 N–H and O–H groups in total. The van der Waals surface area contributed by atoms with E-state index in [9.17, 15) is 9.59 Å². The minimum absolute atomic E-state index is 0.0597. The van der Waals surface area contributed by atoms with Crippen molar-refractivity contribution in [1.29, 1.82) is 0 Å². The fraction of sp³-hybridized carbons (Fsp3) is 0.182. The molecule has 0 aliphatic heterocycles. The molecular formula is C22H23N5O2. The highest BCUT2D eigenvalue weighted by Gasteiger charge is 2.17. The summed E-state index contributed by atoms with van der Waals surface area (Å²) in [5.74, 6) is -0.472. The monoisotopic (exact) mass is 389 g/mol. The molecule has 0 saturated heterocycles. The van der Waals surface area contributed by atoms with Crippen molar-refractivity contribution in [3.05, 3.63) is 84.5 Å². The third-order valence-electron chi connectivity index (χ3n) is 4.67. The minimum atomic E-state index is -0.305. The Labute approximate surface area is 169 Å². The zero-order valence-corrected chi connectivity index (χ0v) is 16.4. The quantitative estimate of drug-likeness (QED) is 0.630. The van der Waals surface area contributed by atoms with E-state index < -0.39 is 0 Å². The van der Waals surface area contributed by atoms with Crippen LogP contribution >= 0.6 is 0 Å². The normalized spacial score (nSPS) is 11.9. The number of nitrogens with one attached hydrogen (secondary N) is 1. The molecule has 3 aromatic rings. The zero-order chi connectivity index (χ0) is 20.6. The van der Waals surface area contributed by atoms with Gasteiger partial charge < -0.3 is 10.2 Å². The van der Waals surface area contributed by atoms with Crippen LogP contribution in [0.5, 0.6) is 0 Å². The van der Waals surface area contributed by atoms with Gasteiger partial charge in [-0.05, 0) is 36.3 Å². The van der Waals surface area contributed by atoms with Crippen molar-refractivity contribution in [2.24, 2.45) is 0 Å². The lowest BCUT2D eigenvalue weighted by Gasteiger charge is -2.25. The van der Waals surface area contributed by atoms with Gasteiger partial charge in [0.25, 0.3) is 0 Å². The molecule has 7 nitrogen and oxygen atoms in total. The lowest BCUT2D eigenvalue weighted by Crippen LogP contribution is -2.38. The molecule has 2 amide bonds. The topological polar surface area (TPSA) is 80.1 Å². The van der Waals surface area contributed by atoms with Crippen LogP contribution in [0.4, 0.5) is 0 Å². The Bertz CT molecular complexity index is 966. The summed E-state index contributed by atoms with van der Waals surface area (Å²) >= 11 is 0. The lowest BCUT2D eigenvalue weighted by molar-refractivity contribution is -0.132. The van der Waals surface area contributed by atoms with Crippen molar-refractivity contribution in [3.8, 4) is 5.69 Å². The number of aromatic nitrogens is 3. The molecule has 148 valence electrons. The van der Waals surface area contributed by atoms with Gasteiger partial charge in [-0.2, -0.15) is 5.10 Å². The Morgan fingerprint density at radius 3 is 2.52 bits per heavy atom. The van der Waals surface area contributed by atoms with Gasteiger partial charge in [-0.15, -0.1) is 0 Å². The number of rotatable bonds is 7. The Hall–Kier alpha value is -3.74. The zero-order valence-electron chi connectivity index (χ0n) is 16.4. The minimum Gasteiger partial charge on any atom is -0.343 e. The molecule has 29 heavy (non-hydrogen) atoms. The van der Waals surface area contributed by atoms with E-state index in [4.69, 9.17) is 0 Å². The van der Waals surface area contributed by atoms with E-state index in [1.165, 1.54) is 12.4 Å². The standard InChI is InChI=1S/C22H23N5O2/c1-17(19-9-11-20(12-10-19)27-16-23-15-25-27)26(2)22(29)14-24-21(28)13-8-18-6-4-3-5-7-18/h3-13,15-17H,14H2,1-2H3,(H,24,28)/b13-8+/t17-/m1/s1. The first-order valence-electron chi connectivity index (χ1n) is 9.26. The number of benzene rings is 2. The second kappa shape index (κ2) is 9.45. The highest BCUT2D eigenvalue weighted by Crippen LogP contribution is 2.20. The van der Waals surface area contributed by atoms with E-state index in [1.807, 2.05) is 61.5 Å². The molecule has 0 radical (unpaired) electrons. The molecule has 0 fully saturated rings. The number of nitrogens with zero attached hydrogens (tertiary/aromatic N) is 4. The predicted molar refractivity (Wildman–Crippen MR) is 111 cm³/mol. The summed E-state index contributed by atoms with van der Waals surface area (Å²) < 4.78 is 1.67. The van der Waals surface area contributed by atoms with Crippen molar-refractivity contribution in [3.63, 3.8) is 0 Å². The smallest absolute Gasteiger partial charge is 0.244 e. The number of carbonyl (C=O) groups excluding carboxylic acids is 2. The fourth-order valence-corrected chi connectivity index (χ4v) is 2.77. The van der Waals surface area contributed by atoms with Crippen LogP contribution in [0.1, 0.15) is 24.1 Å². The van der Waals surface area contributed by atoms with Crippen molar-refractivity contribution < 1.29 is 9.59 Å². The molecule has 0 aliphatic carbocycles. The highest BCUT2D eigenvalue weighted by molar-refractivity contribution is 5.94. The largest absolute Gasteiger partial charge is 0.343 e. The third-order valence-corrected chi connectivity index (χ3v) is 4.67. The van der Waals surface area contributed by atoms with E-state index in [0.717, 1.165) is 16.8 Å². The second-order valence-corrected chi connectivity index (χ2v) is 6.57. The average molecular weight is 389 g/mol. The van der Waals surface area contributed by atoms with Crippen LogP contribution in [-0.2, 0) is 9.59 Å². The Morgan fingerprint density at radius 1 is 1.14 bits per heavy atom. The predicted octanol–water partition coefficient (Wildman–Crippen LogP) is 2.62. The molecule has 1 atom stereocenters. The van der Waals surface area contributed by atoms with Crippen molar-refractivity contribution in [1.82, 2.24) is 25.0 Å². The van der Waals surface area contributed by atoms with E-state index in [-0.39, 0.29) is 24.4 Å². The van der Waals surface area contributed by atoms with Crippen molar-refractivity contribution in [2.45, 2.75) is 13.0 Å². The molecule has 0 spiro atoms. The first-order chi connectivity index (χ1) is 14.0. The SMILES string of the molecule is C[C@H](c1ccc(-n2cncn2)cc1)N(C)C(=O)CNC(=O)/C=C/c1ccccc1. The molecule has 7 heteroatoms. The molecule has 0 bridgehead atoms. The van der Waals surface area contributed by atoms with Crippen LogP contribution in [-0.4, -0.2) is 45.1 Å². The van der Waals surface area contributed by atoms with Gasteiger partial charge in [-0.1, -0.05) is 42.5 Å². The summed E-state index contributed by atoms with van der Waals surface area (Å²) in [4.78, 5) is 30.0. The van der Waals surface area contributed by atoms with Crippen LogP contribution in [0, 0.1) is 0 Å². The van der Waals surface area contributed by atoms with Gasteiger partial charge in [0.05, 0.1) is 18.3 Å². The van der Waals surface area contributed by atoms with E-state index in [0.29, 0.717) is 0 Å². The Balaban J connectivity index is 1.52. The van der Waals surface area contributed by atoms with Crippen LogP contribution in [0.2, 0.25) is 0 Å². The van der Waals surface area contributed by atoms with Crippen LogP contribution in [0.15, 0.2) is 73.3 Å². The summed E-state index contributed by atoms with van der Waals surface area (Å²) in [6.07, 6.45) is 6.24. The molecule has 0 aliphatic rings. The first kappa shape index (κ1) is 20.0. The summed E-state index contributed by atoms with van der Waals surface area (Å²) in [5, 5.41) is 6.73. The molecule has 3 rings (SSSR count). The fourth-order valence-electron chi connectivity index (χ4n) is 2.77. The van der Waals surface area contributed by atoms with Crippen molar-refractivity contribution >= 4 is 17.9 Å². The first-order valence-corrected chi connectivity index (χ1v) is 9.26. The average Bonchev–Trinajstić information content (AvgIpc) is 3.31. The highest BCUT2D eigenvalue weighted by atomic mass is 16.2. The van der Waals surface area contributed by atoms with Crippen LogP contribution in [0.3, 0.4) is 0 Å².